The maximum absolute atomic E-state index is 12.9. The maximum atomic E-state index is 12.9. The number of aromatic nitrogens is 3. The summed E-state index contributed by atoms with van der Waals surface area (Å²) in [6, 6.07) is 8.37. The zero-order valence-electron chi connectivity index (χ0n) is 17.1. The van der Waals surface area contributed by atoms with E-state index in [1.165, 1.54) is 4.70 Å². The molecule has 5 rings (SSSR count). The van der Waals surface area contributed by atoms with Gasteiger partial charge in [0.2, 0.25) is 5.91 Å². The van der Waals surface area contributed by atoms with Gasteiger partial charge in [0, 0.05) is 38.4 Å². The van der Waals surface area contributed by atoms with E-state index in [0.29, 0.717) is 25.9 Å². The molecule has 0 spiro atoms. The monoisotopic (exact) mass is 422 g/mol. The van der Waals surface area contributed by atoms with Gasteiger partial charge in [-0.15, -0.1) is 11.3 Å². The Kier molecular flexibility index (Phi) is 5.35. The first-order chi connectivity index (χ1) is 14.7. The molecule has 3 aromatic rings. The molecule has 156 valence electrons. The van der Waals surface area contributed by atoms with E-state index in [9.17, 15) is 4.79 Å². The lowest BCUT2D eigenvalue weighted by Gasteiger charge is -2.30. The van der Waals surface area contributed by atoms with Crippen molar-refractivity contribution >= 4 is 33.3 Å². The van der Waals surface area contributed by atoms with Crippen LogP contribution in [0, 0.1) is 0 Å². The minimum absolute atomic E-state index is 0.170. The van der Waals surface area contributed by atoms with Crippen LogP contribution in [0.15, 0.2) is 24.3 Å². The highest BCUT2D eigenvalue weighted by Gasteiger charge is 2.27. The Morgan fingerprint density at radius 3 is 3.00 bits per heavy atom. The Hall–Kier alpha value is -2.58. The van der Waals surface area contributed by atoms with Crippen molar-refractivity contribution < 1.29 is 4.79 Å². The quantitative estimate of drug-likeness (QED) is 0.658. The molecule has 1 saturated heterocycles. The van der Waals surface area contributed by atoms with E-state index in [0.717, 1.165) is 59.2 Å². The lowest BCUT2D eigenvalue weighted by molar-refractivity contribution is -0.132. The highest BCUT2D eigenvalue weighted by Crippen LogP contribution is 2.28. The van der Waals surface area contributed by atoms with Crippen LogP contribution in [-0.4, -0.2) is 45.9 Å². The molecule has 0 bridgehead atoms. The van der Waals surface area contributed by atoms with Crippen molar-refractivity contribution in [2.45, 2.75) is 44.7 Å². The predicted molar refractivity (Wildman–Crippen MR) is 119 cm³/mol. The van der Waals surface area contributed by atoms with E-state index >= 15 is 0 Å². The van der Waals surface area contributed by atoms with Crippen LogP contribution in [0.2, 0.25) is 0 Å². The van der Waals surface area contributed by atoms with Gasteiger partial charge >= 0.3 is 0 Å². The van der Waals surface area contributed by atoms with Crippen molar-refractivity contribution in [2.24, 2.45) is 0 Å². The summed E-state index contributed by atoms with van der Waals surface area (Å²) >= 11 is 1.68. The number of carbonyl (C=O) groups excluding carboxylic acids is 1. The zero-order chi connectivity index (χ0) is 20.5. The van der Waals surface area contributed by atoms with Gasteiger partial charge in [0.05, 0.1) is 33.5 Å². The van der Waals surface area contributed by atoms with Gasteiger partial charge in [-0.1, -0.05) is 12.1 Å². The standard InChI is InChI=1S/C22H26N6OS/c1-23-21-14-13-28(12-10-15(14)26-22(27-21)17-6-4-11-24-17)20(29)9-8-19-25-16-5-2-3-7-18(16)30-19/h2-3,5,7,17,24H,4,6,8-13H2,1H3,(H,23,26,27)/t17-/m1/s1. The van der Waals surface area contributed by atoms with Gasteiger partial charge in [-0.2, -0.15) is 0 Å². The summed E-state index contributed by atoms with van der Waals surface area (Å²) in [5.74, 6) is 1.90. The lowest BCUT2D eigenvalue weighted by atomic mass is 10.0. The molecule has 0 radical (unpaired) electrons. The molecule has 1 fully saturated rings. The van der Waals surface area contributed by atoms with Crippen molar-refractivity contribution in [3.05, 3.63) is 46.4 Å². The molecule has 1 amide bonds. The fourth-order valence-corrected chi connectivity index (χ4v) is 5.28. The third kappa shape index (κ3) is 3.77. The van der Waals surface area contributed by atoms with Gasteiger partial charge in [0.25, 0.3) is 0 Å². The summed E-state index contributed by atoms with van der Waals surface area (Å²) in [7, 11) is 1.89. The SMILES string of the molecule is CNc1nc([C@H]2CCCN2)nc2c1CN(C(=O)CCc1nc3ccccc3s1)CC2. The average molecular weight is 423 g/mol. The normalized spacial score (nSPS) is 18.6. The molecule has 1 aromatic carbocycles. The van der Waals surface area contributed by atoms with Crippen LogP contribution < -0.4 is 10.6 Å². The Balaban J connectivity index is 1.28. The van der Waals surface area contributed by atoms with Gasteiger partial charge in [-0.05, 0) is 31.5 Å². The summed E-state index contributed by atoms with van der Waals surface area (Å²) in [5.41, 5.74) is 3.15. The summed E-state index contributed by atoms with van der Waals surface area (Å²) in [6.07, 6.45) is 4.19. The molecule has 4 heterocycles. The average Bonchev–Trinajstić information content (AvgIpc) is 3.46. The maximum Gasteiger partial charge on any atom is 0.223 e. The van der Waals surface area contributed by atoms with Gasteiger partial charge in [-0.25, -0.2) is 15.0 Å². The first-order valence-corrected chi connectivity index (χ1v) is 11.5. The second kappa shape index (κ2) is 8.28. The van der Waals surface area contributed by atoms with Crippen LogP contribution in [0.5, 0.6) is 0 Å². The Labute approximate surface area is 179 Å². The molecule has 0 unspecified atom stereocenters. The van der Waals surface area contributed by atoms with E-state index in [1.54, 1.807) is 11.3 Å². The molecule has 2 aliphatic rings. The van der Waals surface area contributed by atoms with E-state index < -0.39 is 0 Å². The first-order valence-electron chi connectivity index (χ1n) is 10.6. The minimum Gasteiger partial charge on any atom is -0.373 e. The number of nitrogens with one attached hydrogen (secondary N) is 2. The predicted octanol–water partition coefficient (Wildman–Crippen LogP) is 3.07. The van der Waals surface area contributed by atoms with Crippen LogP contribution in [0.3, 0.4) is 0 Å². The third-order valence-corrected chi connectivity index (χ3v) is 7.03. The topological polar surface area (TPSA) is 83.0 Å². The van der Waals surface area contributed by atoms with Crippen LogP contribution >= 0.6 is 11.3 Å². The van der Waals surface area contributed by atoms with E-state index in [4.69, 9.17) is 9.97 Å². The Morgan fingerprint density at radius 2 is 2.20 bits per heavy atom. The molecule has 2 aromatic heterocycles. The molecule has 2 aliphatic heterocycles. The van der Waals surface area contributed by atoms with Crippen molar-refractivity contribution in [3.63, 3.8) is 0 Å². The molecule has 0 aliphatic carbocycles. The second-order valence-electron chi connectivity index (χ2n) is 7.90. The highest BCUT2D eigenvalue weighted by molar-refractivity contribution is 7.18. The number of fused-ring (bicyclic) bond motifs is 2. The van der Waals surface area contributed by atoms with E-state index in [2.05, 4.69) is 21.7 Å². The largest absolute Gasteiger partial charge is 0.373 e. The third-order valence-electron chi connectivity index (χ3n) is 5.93. The van der Waals surface area contributed by atoms with Crippen molar-refractivity contribution in [2.75, 3.05) is 25.5 Å². The fraction of sp³-hybridized carbons (Fsp3) is 0.455. The van der Waals surface area contributed by atoms with Gasteiger partial charge < -0.3 is 15.5 Å². The number of para-hydroxylation sites is 1. The first kappa shape index (κ1) is 19.4. The van der Waals surface area contributed by atoms with Crippen molar-refractivity contribution in [3.8, 4) is 0 Å². The number of hydrogen-bond donors (Lipinski definition) is 2. The molecule has 0 saturated carbocycles. The number of thiazole rings is 1. The highest BCUT2D eigenvalue weighted by atomic mass is 32.1. The number of aryl methyl sites for hydroxylation is 1. The number of benzene rings is 1. The summed E-state index contributed by atoms with van der Waals surface area (Å²) in [6.45, 7) is 2.31. The van der Waals surface area contributed by atoms with Crippen LogP contribution in [0.4, 0.5) is 5.82 Å². The summed E-state index contributed by atoms with van der Waals surface area (Å²) in [5, 5.41) is 7.73. The number of amides is 1. The number of rotatable bonds is 5. The molecule has 1 atom stereocenters. The second-order valence-corrected chi connectivity index (χ2v) is 9.01. The molecule has 7 nitrogen and oxygen atoms in total. The molecule has 8 heteroatoms. The fourth-order valence-electron chi connectivity index (χ4n) is 4.31. The van der Waals surface area contributed by atoms with Crippen molar-refractivity contribution in [1.29, 1.82) is 0 Å². The minimum atomic E-state index is 0.170. The van der Waals surface area contributed by atoms with Crippen LogP contribution in [0.1, 0.15) is 47.4 Å². The van der Waals surface area contributed by atoms with Gasteiger partial charge in [0.1, 0.15) is 11.6 Å². The zero-order valence-corrected chi connectivity index (χ0v) is 18.0. The molecule has 30 heavy (non-hydrogen) atoms. The van der Waals surface area contributed by atoms with Gasteiger partial charge in [-0.3, -0.25) is 4.79 Å². The molecular formula is C22H26N6OS. The van der Waals surface area contributed by atoms with Crippen LogP contribution in [-0.2, 0) is 24.2 Å². The van der Waals surface area contributed by atoms with E-state index in [1.807, 2.05) is 30.1 Å². The molecule has 2 N–H and O–H groups in total. The smallest absolute Gasteiger partial charge is 0.223 e. The van der Waals surface area contributed by atoms with E-state index in [-0.39, 0.29) is 11.9 Å². The number of nitrogens with zero attached hydrogens (tertiary/aromatic N) is 4. The Morgan fingerprint density at radius 1 is 1.30 bits per heavy atom. The summed E-state index contributed by atoms with van der Waals surface area (Å²) < 4.78 is 1.18. The van der Waals surface area contributed by atoms with Crippen LogP contribution in [0.25, 0.3) is 10.2 Å². The van der Waals surface area contributed by atoms with Gasteiger partial charge in [0.15, 0.2) is 0 Å². The summed E-state index contributed by atoms with van der Waals surface area (Å²) in [4.78, 5) is 29.1. The molecular weight excluding hydrogens is 396 g/mol. The number of hydrogen-bond acceptors (Lipinski definition) is 7. The van der Waals surface area contributed by atoms with Crippen molar-refractivity contribution in [1.82, 2.24) is 25.2 Å². The number of carbonyl (C=O) groups is 1. The lowest BCUT2D eigenvalue weighted by Crippen LogP contribution is -2.37. The number of anilines is 1. The Bertz CT molecular complexity index is 1020.